The summed E-state index contributed by atoms with van der Waals surface area (Å²) >= 11 is 0. The number of carbonyl (C=O) groups excluding carboxylic acids is 1. The van der Waals surface area contributed by atoms with Crippen molar-refractivity contribution < 1.29 is 4.79 Å². The van der Waals surface area contributed by atoms with Crippen molar-refractivity contribution in [3.8, 4) is 0 Å². The Labute approximate surface area is 142 Å². The number of aromatic nitrogens is 3. The van der Waals surface area contributed by atoms with Gasteiger partial charge in [0.15, 0.2) is 5.82 Å². The lowest BCUT2D eigenvalue weighted by Crippen LogP contribution is -2.28. The summed E-state index contributed by atoms with van der Waals surface area (Å²) in [5, 5.41) is 9.87. The van der Waals surface area contributed by atoms with E-state index in [0.29, 0.717) is 12.4 Å². The Hall–Kier alpha value is -2.61. The van der Waals surface area contributed by atoms with Gasteiger partial charge in [0.2, 0.25) is 0 Å². The van der Waals surface area contributed by atoms with Crippen molar-refractivity contribution >= 4 is 17.7 Å². The number of urea groups is 1. The highest BCUT2D eigenvalue weighted by Crippen LogP contribution is 2.09. The number of rotatable bonds is 7. The third-order valence-corrected chi connectivity index (χ3v) is 3.38. The zero-order valence-corrected chi connectivity index (χ0v) is 14.7. The summed E-state index contributed by atoms with van der Waals surface area (Å²) in [5.41, 5.74) is 0.986. The quantitative estimate of drug-likeness (QED) is 0.798. The summed E-state index contributed by atoms with van der Waals surface area (Å²) in [4.78, 5) is 20.2. The van der Waals surface area contributed by atoms with Gasteiger partial charge in [-0.25, -0.2) is 9.78 Å². The van der Waals surface area contributed by atoms with Crippen LogP contribution in [0, 0.1) is 0 Å². The number of nitrogens with zero attached hydrogens (tertiary/aromatic N) is 5. The van der Waals surface area contributed by atoms with Crippen LogP contribution in [0.1, 0.15) is 5.56 Å². The van der Waals surface area contributed by atoms with Gasteiger partial charge in [-0.15, -0.1) is 0 Å². The first-order valence-electron chi connectivity index (χ1n) is 7.79. The number of anilines is 2. The van der Waals surface area contributed by atoms with Crippen LogP contribution in [-0.2, 0) is 13.1 Å². The second-order valence-corrected chi connectivity index (χ2v) is 5.99. The van der Waals surface area contributed by atoms with Gasteiger partial charge in [-0.2, -0.15) is 5.10 Å². The molecule has 0 bridgehead atoms. The largest absolute Gasteiger partial charge is 0.363 e. The second-order valence-electron chi connectivity index (χ2n) is 5.99. The average Bonchev–Trinajstić information content (AvgIpc) is 2.98. The molecular formula is C16H25N7O. The van der Waals surface area contributed by atoms with Crippen LogP contribution < -0.4 is 15.5 Å². The first kappa shape index (κ1) is 17.7. The molecule has 8 heteroatoms. The normalized spacial score (nSPS) is 10.7. The van der Waals surface area contributed by atoms with E-state index in [1.54, 1.807) is 12.3 Å². The molecule has 0 saturated heterocycles. The molecule has 2 rings (SSSR count). The molecule has 2 aromatic rings. The summed E-state index contributed by atoms with van der Waals surface area (Å²) in [6.45, 7) is 2.10. The van der Waals surface area contributed by atoms with Crippen LogP contribution in [0.25, 0.3) is 0 Å². The Morgan fingerprint density at radius 1 is 1.25 bits per heavy atom. The van der Waals surface area contributed by atoms with Crippen molar-refractivity contribution in [3.05, 3.63) is 36.2 Å². The predicted molar refractivity (Wildman–Crippen MR) is 95.2 cm³/mol. The molecule has 0 aliphatic heterocycles. The third-order valence-electron chi connectivity index (χ3n) is 3.38. The summed E-state index contributed by atoms with van der Waals surface area (Å²) in [6.07, 6.45) is 3.59. The molecule has 0 aliphatic rings. The third kappa shape index (κ3) is 5.54. The predicted octanol–water partition coefficient (Wildman–Crippen LogP) is 1.23. The molecule has 8 nitrogen and oxygen atoms in total. The minimum Gasteiger partial charge on any atom is -0.363 e. The molecule has 0 spiro atoms. The molecule has 0 fully saturated rings. The highest BCUT2D eigenvalue weighted by atomic mass is 16.2. The maximum Gasteiger partial charge on any atom is 0.320 e. The minimum absolute atomic E-state index is 0.281. The van der Waals surface area contributed by atoms with Gasteiger partial charge in [0.05, 0.1) is 6.54 Å². The minimum atomic E-state index is -0.281. The van der Waals surface area contributed by atoms with Crippen LogP contribution in [0.4, 0.5) is 16.4 Å². The first-order valence-corrected chi connectivity index (χ1v) is 7.79. The van der Waals surface area contributed by atoms with Crippen LogP contribution in [-0.4, -0.2) is 60.4 Å². The number of hydrogen-bond donors (Lipinski definition) is 2. The van der Waals surface area contributed by atoms with Gasteiger partial charge in [-0.05, 0) is 31.8 Å². The second kappa shape index (κ2) is 8.30. The van der Waals surface area contributed by atoms with E-state index in [0.717, 1.165) is 24.5 Å². The molecule has 0 atom stereocenters. The van der Waals surface area contributed by atoms with Gasteiger partial charge in [0.1, 0.15) is 5.82 Å². The van der Waals surface area contributed by atoms with E-state index >= 15 is 0 Å². The highest BCUT2D eigenvalue weighted by molar-refractivity contribution is 5.88. The number of carbonyl (C=O) groups is 1. The van der Waals surface area contributed by atoms with E-state index in [-0.39, 0.29) is 6.03 Å². The Bertz CT molecular complexity index is 666. The van der Waals surface area contributed by atoms with Crippen LogP contribution in [0.2, 0.25) is 0 Å². The van der Waals surface area contributed by atoms with Crippen molar-refractivity contribution in [1.29, 1.82) is 0 Å². The summed E-state index contributed by atoms with van der Waals surface area (Å²) in [7, 11) is 7.88. The zero-order valence-electron chi connectivity index (χ0n) is 14.7. The molecule has 2 aromatic heterocycles. The van der Waals surface area contributed by atoms with E-state index in [1.165, 1.54) is 0 Å². The average molecular weight is 331 g/mol. The maximum absolute atomic E-state index is 12.0. The molecule has 0 aliphatic carbocycles. The molecule has 24 heavy (non-hydrogen) atoms. The lowest BCUT2D eigenvalue weighted by atomic mass is 10.2. The molecule has 2 N–H and O–H groups in total. The summed E-state index contributed by atoms with van der Waals surface area (Å²) in [6, 6.07) is 5.32. The number of pyridine rings is 1. The number of hydrogen-bond acceptors (Lipinski definition) is 5. The molecule has 0 aromatic carbocycles. The van der Waals surface area contributed by atoms with Gasteiger partial charge in [-0.3, -0.25) is 10.00 Å². The maximum atomic E-state index is 12.0. The van der Waals surface area contributed by atoms with Gasteiger partial charge in [0, 0.05) is 45.6 Å². The molecule has 130 valence electrons. The van der Waals surface area contributed by atoms with Crippen LogP contribution in [0.3, 0.4) is 0 Å². The standard InChI is InChI=1S/C16H25N7O/c1-21(2)9-10-23-8-6-14(20-23)19-16(24)18-12-13-5-7-17-15(11-13)22(3)4/h5-8,11H,9-10,12H2,1-4H3,(H2,18,19,20,24). The molecular weight excluding hydrogens is 306 g/mol. The lowest BCUT2D eigenvalue weighted by molar-refractivity contribution is 0.251. The summed E-state index contributed by atoms with van der Waals surface area (Å²) < 4.78 is 1.81. The van der Waals surface area contributed by atoms with Crippen molar-refractivity contribution in [2.75, 3.05) is 45.0 Å². The van der Waals surface area contributed by atoms with E-state index in [4.69, 9.17) is 0 Å². The Balaban J connectivity index is 1.82. The lowest BCUT2D eigenvalue weighted by Gasteiger charge is -2.12. The Morgan fingerprint density at radius 3 is 2.75 bits per heavy atom. The molecule has 0 unspecified atom stereocenters. The molecule has 0 saturated carbocycles. The van der Waals surface area contributed by atoms with Crippen molar-refractivity contribution in [2.45, 2.75) is 13.1 Å². The number of amides is 2. The van der Waals surface area contributed by atoms with E-state index < -0.39 is 0 Å². The van der Waals surface area contributed by atoms with E-state index in [9.17, 15) is 4.79 Å². The molecule has 0 radical (unpaired) electrons. The first-order chi connectivity index (χ1) is 11.4. The van der Waals surface area contributed by atoms with Crippen LogP contribution in [0.5, 0.6) is 0 Å². The van der Waals surface area contributed by atoms with Crippen LogP contribution in [0.15, 0.2) is 30.6 Å². The number of likely N-dealkylation sites (N-methyl/N-ethyl adjacent to an activating group) is 1. The van der Waals surface area contributed by atoms with Crippen molar-refractivity contribution in [1.82, 2.24) is 25.0 Å². The topological polar surface area (TPSA) is 78.3 Å². The van der Waals surface area contributed by atoms with E-state index in [1.807, 2.05) is 56.1 Å². The fraction of sp³-hybridized carbons (Fsp3) is 0.438. The van der Waals surface area contributed by atoms with Crippen LogP contribution >= 0.6 is 0 Å². The highest BCUT2D eigenvalue weighted by Gasteiger charge is 2.06. The molecule has 2 amide bonds. The molecule has 2 heterocycles. The van der Waals surface area contributed by atoms with Gasteiger partial charge in [-0.1, -0.05) is 0 Å². The Kier molecular flexibility index (Phi) is 6.14. The number of nitrogens with one attached hydrogen (secondary N) is 2. The van der Waals surface area contributed by atoms with Crippen molar-refractivity contribution in [3.63, 3.8) is 0 Å². The zero-order chi connectivity index (χ0) is 17.5. The van der Waals surface area contributed by atoms with Gasteiger partial charge < -0.3 is 15.1 Å². The van der Waals surface area contributed by atoms with Gasteiger partial charge in [0.25, 0.3) is 0 Å². The fourth-order valence-electron chi connectivity index (χ4n) is 2.01. The Morgan fingerprint density at radius 2 is 2.04 bits per heavy atom. The van der Waals surface area contributed by atoms with Gasteiger partial charge >= 0.3 is 6.03 Å². The summed E-state index contributed by atoms with van der Waals surface area (Å²) in [5.74, 6) is 1.39. The fourth-order valence-corrected chi connectivity index (χ4v) is 2.01. The monoisotopic (exact) mass is 331 g/mol. The SMILES string of the molecule is CN(C)CCn1ccc(NC(=O)NCc2ccnc(N(C)C)c2)n1. The van der Waals surface area contributed by atoms with Crippen molar-refractivity contribution in [2.24, 2.45) is 0 Å². The smallest absolute Gasteiger partial charge is 0.320 e. The van der Waals surface area contributed by atoms with E-state index in [2.05, 4.69) is 25.6 Å².